The molecule has 0 saturated heterocycles. The maximum atomic E-state index is 9.41. The highest BCUT2D eigenvalue weighted by Gasteiger charge is 2.08. The van der Waals surface area contributed by atoms with E-state index < -0.39 is 0 Å². The molecule has 0 aliphatic heterocycles. The summed E-state index contributed by atoms with van der Waals surface area (Å²) in [5, 5.41) is 10.4. The third kappa shape index (κ3) is 4.16. The summed E-state index contributed by atoms with van der Waals surface area (Å²) in [5.74, 6) is 0.836. The Hall–Kier alpha value is -1.22. The largest absolute Gasteiger partial charge is 0.493 e. The lowest BCUT2D eigenvalue weighted by Crippen LogP contribution is -1.94. The molecule has 2 rings (SSSR count). The van der Waals surface area contributed by atoms with Gasteiger partial charge in [-0.15, -0.1) is 0 Å². The summed E-state index contributed by atoms with van der Waals surface area (Å²) in [6.45, 7) is 2.56. The Kier molecular flexibility index (Phi) is 6.13. The molecule has 0 amide bonds. The first-order valence-electron chi connectivity index (χ1n) is 6.54. The average molecular weight is 444 g/mol. The van der Waals surface area contributed by atoms with E-state index in [1.54, 1.807) is 24.3 Å². The van der Waals surface area contributed by atoms with Crippen LogP contribution < -0.4 is 4.74 Å². The standard InChI is InChI=1S/C17H12Cl2INO/c1-2-22-17-6-3-11(8-16(17)20)7-12(10-21)14-5-4-13(18)9-15(14)19/h3-9H,2H2,1H3. The molecule has 0 aliphatic rings. The highest BCUT2D eigenvalue weighted by Crippen LogP contribution is 2.29. The summed E-state index contributed by atoms with van der Waals surface area (Å²) in [7, 11) is 0. The van der Waals surface area contributed by atoms with Gasteiger partial charge in [0.25, 0.3) is 0 Å². The van der Waals surface area contributed by atoms with Gasteiger partial charge >= 0.3 is 0 Å². The highest BCUT2D eigenvalue weighted by molar-refractivity contribution is 14.1. The van der Waals surface area contributed by atoms with Gasteiger partial charge in [-0.05, 0) is 65.4 Å². The maximum absolute atomic E-state index is 9.41. The molecule has 0 spiro atoms. The number of hydrogen-bond acceptors (Lipinski definition) is 2. The summed E-state index contributed by atoms with van der Waals surface area (Å²) in [5.41, 5.74) is 2.06. The minimum Gasteiger partial charge on any atom is -0.493 e. The Morgan fingerprint density at radius 2 is 2.05 bits per heavy atom. The highest BCUT2D eigenvalue weighted by atomic mass is 127. The number of nitriles is 1. The summed E-state index contributed by atoms with van der Waals surface area (Å²) in [6, 6.07) is 13.1. The smallest absolute Gasteiger partial charge is 0.132 e. The molecule has 0 unspecified atom stereocenters. The topological polar surface area (TPSA) is 33.0 Å². The summed E-state index contributed by atoms with van der Waals surface area (Å²) >= 11 is 14.3. The molecule has 0 bridgehead atoms. The number of halogens is 3. The molecule has 22 heavy (non-hydrogen) atoms. The van der Waals surface area contributed by atoms with Crippen LogP contribution in [0.1, 0.15) is 18.1 Å². The molecule has 0 heterocycles. The van der Waals surface area contributed by atoms with Crippen LogP contribution in [-0.2, 0) is 0 Å². The SMILES string of the molecule is CCOc1ccc(C=C(C#N)c2ccc(Cl)cc2Cl)cc1I. The fourth-order valence-corrected chi connectivity index (χ4v) is 3.13. The summed E-state index contributed by atoms with van der Waals surface area (Å²) < 4.78 is 6.50. The molecule has 2 nitrogen and oxygen atoms in total. The van der Waals surface area contributed by atoms with E-state index in [-0.39, 0.29) is 0 Å². The maximum Gasteiger partial charge on any atom is 0.132 e. The second-order valence-electron chi connectivity index (χ2n) is 4.42. The van der Waals surface area contributed by atoms with Gasteiger partial charge in [0.1, 0.15) is 5.75 Å². The third-order valence-electron chi connectivity index (χ3n) is 2.91. The first-order chi connectivity index (χ1) is 10.5. The van der Waals surface area contributed by atoms with Crippen molar-refractivity contribution in [2.24, 2.45) is 0 Å². The summed E-state index contributed by atoms with van der Waals surface area (Å²) in [6.07, 6.45) is 1.80. The Morgan fingerprint density at radius 1 is 1.27 bits per heavy atom. The number of benzene rings is 2. The fourth-order valence-electron chi connectivity index (χ4n) is 1.92. The zero-order valence-corrected chi connectivity index (χ0v) is 15.4. The van der Waals surface area contributed by atoms with Gasteiger partial charge in [0.05, 0.1) is 26.8 Å². The van der Waals surface area contributed by atoms with Gasteiger partial charge in [-0.2, -0.15) is 5.26 Å². The van der Waals surface area contributed by atoms with Crippen LogP contribution >= 0.6 is 45.8 Å². The number of allylic oxidation sites excluding steroid dienone is 1. The molecule has 0 fully saturated rings. The van der Waals surface area contributed by atoms with Crippen LogP contribution in [0.15, 0.2) is 36.4 Å². The number of hydrogen-bond donors (Lipinski definition) is 0. The quantitative estimate of drug-likeness (QED) is 0.326. The zero-order chi connectivity index (χ0) is 16.1. The molecule has 0 N–H and O–H groups in total. The molecule has 2 aromatic carbocycles. The Labute approximate surface area is 153 Å². The molecule has 0 aromatic heterocycles. The monoisotopic (exact) mass is 443 g/mol. The van der Waals surface area contributed by atoms with Crippen LogP contribution in [0, 0.1) is 14.9 Å². The molecule has 5 heteroatoms. The van der Waals surface area contributed by atoms with Crippen molar-refractivity contribution in [1.29, 1.82) is 5.26 Å². The van der Waals surface area contributed by atoms with Crippen molar-refractivity contribution >= 4 is 57.4 Å². The van der Waals surface area contributed by atoms with E-state index in [1.807, 2.05) is 25.1 Å². The van der Waals surface area contributed by atoms with Gasteiger partial charge in [-0.25, -0.2) is 0 Å². The van der Waals surface area contributed by atoms with Crippen LogP contribution in [0.25, 0.3) is 11.6 Å². The number of nitrogens with zero attached hydrogens (tertiary/aromatic N) is 1. The molecular weight excluding hydrogens is 432 g/mol. The summed E-state index contributed by atoms with van der Waals surface area (Å²) in [4.78, 5) is 0. The first-order valence-corrected chi connectivity index (χ1v) is 8.38. The molecule has 112 valence electrons. The van der Waals surface area contributed by atoms with E-state index in [1.165, 1.54) is 0 Å². The average Bonchev–Trinajstić information content (AvgIpc) is 2.48. The Bertz CT molecular complexity index is 766. The van der Waals surface area contributed by atoms with E-state index in [2.05, 4.69) is 28.7 Å². The van der Waals surface area contributed by atoms with E-state index >= 15 is 0 Å². The van der Waals surface area contributed by atoms with Crippen LogP contribution in [0.4, 0.5) is 0 Å². The van der Waals surface area contributed by atoms with Crippen molar-refractivity contribution in [3.05, 3.63) is 61.1 Å². The van der Waals surface area contributed by atoms with Crippen molar-refractivity contribution in [2.45, 2.75) is 6.92 Å². The molecule has 0 atom stereocenters. The van der Waals surface area contributed by atoms with Crippen LogP contribution in [0.5, 0.6) is 5.75 Å². The molecule has 0 aliphatic carbocycles. The van der Waals surface area contributed by atoms with Gasteiger partial charge in [0, 0.05) is 10.6 Å². The Morgan fingerprint density at radius 3 is 2.64 bits per heavy atom. The lowest BCUT2D eigenvalue weighted by molar-refractivity contribution is 0.338. The Balaban J connectivity index is 2.41. The molecule has 0 saturated carbocycles. The lowest BCUT2D eigenvalue weighted by Gasteiger charge is -2.07. The van der Waals surface area contributed by atoms with E-state index in [9.17, 15) is 5.26 Å². The number of ether oxygens (including phenoxy) is 1. The number of rotatable bonds is 4. The third-order valence-corrected chi connectivity index (χ3v) is 4.30. The van der Waals surface area contributed by atoms with Crippen LogP contribution in [0.2, 0.25) is 10.0 Å². The van der Waals surface area contributed by atoms with Crippen molar-refractivity contribution in [3.63, 3.8) is 0 Å². The van der Waals surface area contributed by atoms with Crippen molar-refractivity contribution in [1.82, 2.24) is 0 Å². The van der Waals surface area contributed by atoms with Gasteiger partial charge in [0.2, 0.25) is 0 Å². The normalized spacial score (nSPS) is 11.1. The van der Waals surface area contributed by atoms with Crippen molar-refractivity contribution in [2.75, 3.05) is 6.61 Å². The van der Waals surface area contributed by atoms with Gasteiger partial charge in [-0.1, -0.05) is 35.3 Å². The second-order valence-corrected chi connectivity index (χ2v) is 6.42. The van der Waals surface area contributed by atoms with Crippen molar-refractivity contribution in [3.8, 4) is 11.8 Å². The van der Waals surface area contributed by atoms with Gasteiger partial charge < -0.3 is 4.74 Å². The minimum atomic E-state index is 0.459. The van der Waals surface area contributed by atoms with E-state index in [0.29, 0.717) is 27.8 Å². The zero-order valence-electron chi connectivity index (χ0n) is 11.7. The minimum absolute atomic E-state index is 0.459. The van der Waals surface area contributed by atoms with Crippen molar-refractivity contribution < 1.29 is 4.74 Å². The van der Waals surface area contributed by atoms with E-state index in [0.717, 1.165) is 14.9 Å². The van der Waals surface area contributed by atoms with E-state index in [4.69, 9.17) is 27.9 Å². The first kappa shape index (κ1) is 17.1. The fraction of sp³-hybridized carbons (Fsp3) is 0.118. The predicted octanol–water partition coefficient (Wildman–Crippen LogP) is 6.06. The molecular formula is C17H12Cl2INO. The second kappa shape index (κ2) is 7.87. The lowest BCUT2D eigenvalue weighted by atomic mass is 10.0. The molecule has 2 aromatic rings. The predicted molar refractivity (Wildman–Crippen MR) is 100 cm³/mol. The van der Waals surface area contributed by atoms with Gasteiger partial charge in [-0.3, -0.25) is 0 Å². The van der Waals surface area contributed by atoms with Crippen LogP contribution in [0.3, 0.4) is 0 Å². The van der Waals surface area contributed by atoms with Crippen LogP contribution in [-0.4, -0.2) is 6.61 Å². The molecule has 0 radical (unpaired) electrons. The van der Waals surface area contributed by atoms with Gasteiger partial charge in [0.15, 0.2) is 0 Å².